The highest BCUT2D eigenvalue weighted by molar-refractivity contribution is 5.89. The van der Waals surface area contributed by atoms with E-state index in [9.17, 15) is 5.26 Å². The number of aryl methyl sites for hydroxylation is 1. The molecule has 0 aliphatic rings. The fraction of sp³-hybridized carbons (Fsp3) is 0.304. The number of nitriles is 1. The number of aromatic nitrogens is 3. The van der Waals surface area contributed by atoms with Crippen molar-refractivity contribution in [2.24, 2.45) is 0 Å². The minimum Gasteiger partial charge on any atom is -0.491 e. The molecule has 0 fully saturated rings. The number of ether oxygens (including phenoxy) is 2. The Bertz CT molecular complexity index is 1250. The maximum absolute atomic E-state index is 9.20. The summed E-state index contributed by atoms with van der Waals surface area (Å²) < 4.78 is 12.3. The van der Waals surface area contributed by atoms with Crippen molar-refractivity contribution in [2.75, 3.05) is 7.11 Å². The van der Waals surface area contributed by atoms with Crippen molar-refractivity contribution in [3.05, 3.63) is 59.0 Å². The van der Waals surface area contributed by atoms with Crippen LogP contribution in [0.2, 0.25) is 0 Å². The van der Waals surface area contributed by atoms with Gasteiger partial charge < -0.3 is 19.4 Å². The molecule has 148 valence electrons. The number of benzene rings is 2. The van der Waals surface area contributed by atoms with Crippen LogP contribution in [0, 0.1) is 18.3 Å². The SMILES string of the molecule is COC(C)(c1nc2cc(C#N)ccc2[nH]1)c1c(OC(C)C)cc(C)c2[nH]ccc12. The van der Waals surface area contributed by atoms with Gasteiger partial charge in [-0.2, -0.15) is 5.26 Å². The first-order chi connectivity index (χ1) is 13.9. The van der Waals surface area contributed by atoms with Gasteiger partial charge in [-0.05, 0) is 63.6 Å². The molecule has 29 heavy (non-hydrogen) atoms. The van der Waals surface area contributed by atoms with E-state index in [1.54, 1.807) is 19.2 Å². The number of imidazole rings is 1. The lowest BCUT2D eigenvalue weighted by atomic mass is 9.89. The highest BCUT2D eigenvalue weighted by atomic mass is 16.5. The number of nitrogens with one attached hydrogen (secondary N) is 2. The molecule has 6 nitrogen and oxygen atoms in total. The Morgan fingerprint density at radius 3 is 2.69 bits per heavy atom. The van der Waals surface area contributed by atoms with Gasteiger partial charge in [-0.3, -0.25) is 0 Å². The van der Waals surface area contributed by atoms with E-state index in [2.05, 4.69) is 23.0 Å². The molecule has 0 radical (unpaired) electrons. The second-order valence-electron chi connectivity index (χ2n) is 7.67. The minimum absolute atomic E-state index is 0.0134. The smallest absolute Gasteiger partial charge is 0.151 e. The summed E-state index contributed by atoms with van der Waals surface area (Å²) in [7, 11) is 1.67. The lowest BCUT2D eigenvalue weighted by Crippen LogP contribution is -2.29. The van der Waals surface area contributed by atoms with Gasteiger partial charge in [0.25, 0.3) is 0 Å². The second-order valence-corrected chi connectivity index (χ2v) is 7.67. The van der Waals surface area contributed by atoms with Gasteiger partial charge in [0.2, 0.25) is 0 Å². The highest BCUT2D eigenvalue weighted by Gasteiger charge is 2.37. The van der Waals surface area contributed by atoms with E-state index in [0.29, 0.717) is 11.4 Å². The van der Waals surface area contributed by atoms with Crippen molar-refractivity contribution in [3.8, 4) is 11.8 Å². The van der Waals surface area contributed by atoms with E-state index < -0.39 is 5.60 Å². The molecule has 2 heterocycles. The average molecular weight is 388 g/mol. The van der Waals surface area contributed by atoms with E-state index in [0.717, 1.165) is 38.8 Å². The first kappa shape index (κ1) is 19.0. The van der Waals surface area contributed by atoms with Gasteiger partial charge in [0.1, 0.15) is 11.6 Å². The van der Waals surface area contributed by atoms with Gasteiger partial charge in [0.15, 0.2) is 5.60 Å². The van der Waals surface area contributed by atoms with Crippen LogP contribution in [0.15, 0.2) is 36.5 Å². The van der Waals surface area contributed by atoms with Crippen molar-refractivity contribution in [2.45, 2.75) is 39.4 Å². The molecule has 1 atom stereocenters. The van der Waals surface area contributed by atoms with Crippen LogP contribution in [0.5, 0.6) is 5.75 Å². The van der Waals surface area contributed by atoms with Gasteiger partial charge in [-0.25, -0.2) is 4.98 Å². The number of hydrogen-bond acceptors (Lipinski definition) is 4. The fourth-order valence-electron chi connectivity index (χ4n) is 3.84. The van der Waals surface area contributed by atoms with Gasteiger partial charge in [-0.1, -0.05) is 0 Å². The number of rotatable bonds is 5. The molecule has 4 aromatic rings. The molecule has 0 spiro atoms. The summed E-state index contributed by atoms with van der Waals surface area (Å²) in [6, 6.07) is 11.7. The average Bonchev–Trinajstić information content (AvgIpc) is 3.34. The quantitative estimate of drug-likeness (QED) is 0.508. The minimum atomic E-state index is -0.885. The summed E-state index contributed by atoms with van der Waals surface area (Å²) in [4.78, 5) is 11.5. The Morgan fingerprint density at radius 1 is 1.21 bits per heavy atom. The van der Waals surface area contributed by atoms with Gasteiger partial charge in [-0.15, -0.1) is 0 Å². The van der Waals surface area contributed by atoms with Gasteiger partial charge in [0.05, 0.1) is 28.8 Å². The summed E-state index contributed by atoms with van der Waals surface area (Å²) in [6.07, 6.45) is 1.94. The number of aromatic amines is 2. The second kappa shape index (κ2) is 6.94. The van der Waals surface area contributed by atoms with Crippen molar-refractivity contribution in [1.29, 1.82) is 5.26 Å². The molecular formula is C23H24N4O2. The van der Waals surface area contributed by atoms with E-state index in [4.69, 9.17) is 14.5 Å². The third-order valence-electron chi connectivity index (χ3n) is 5.32. The molecule has 2 aromatic carbocycles. The van der Waals surface area contributed by atoms with Crippen molar-refractivity contribution < 1.29 is 9.47 Å². The largest absolute Gasteiger partial charge is 0.491 e. The molecule has 1 unspecified atom stereocenters. The zero-order valence-corrected chi connectivity index (χ0v) is 17.3. The van der Waals surface area contributed by atoms with Crippen LogP contribution in [-0.2, 0) is 10.3 Å². The lowest BCUT2D eigenvalue weighted by molar-refractivity contribution is 0.0303. The fourth-order valence-corrected chi connectivity index (χ4v) is 3.84. The van der Waals surface area contributed by atoms with Gasteiger partial charge >= 0.3 is 0 Å². The summed E-state index contributed by atoms with van der Waals surface area (Å²) >= 11 is 0. The number of hydrogen-bond donors (Lipinski definition) is 2. The standard InChI is InChI=1S/C23H24N4O2/c1-13(2)29-19-10-14(3)21-16(8-9-25-21)20(19)23(4,28-5)22-26-17-7-6-15(12-24)11-18(17)27-22/h6-11,13,25H,1-5H3,(H,26,27). The monoisotopic (exact) mass is 388 g/mol. The highest BCUT2D eigenvalue weighted by Crippen LogP contribution is 2.43. The molecule has 2 aromatic heterocycles. The van der Waals surface area contributed by atoms with Crippen LogP contribution in [0.25, 0.3) is 21.9 Å². The number of fused-ring (bicyclic) bond motifs is 2. The Balaban J connectivity index is 2.00. The Labute approximate surface area is 169 Å². The van der Waals surface area contributed by atoms with E-state index >= 15 is 0 Å². The molecule has 4 rings (SSSR count). The lowest BCUT2D eigenvalue weighted by Gasteiger charge is -2.30. The molecule has 2 N–H and O–H groups in total. The molecule has 6 heteroatoms. The summed E-state index contributed by atoms with van der Waals surface area (Å²) in [5.41, 5.74) is 4.33. The third kappa shape index (κ3) is 3.04. The molecule has 0 bridgehead atoms. The zero-order chi connectivity index (χ0) is 20.8. The molecule has 0 aliphatic carbocycles. The van der Waals surface area contributed by atoms with Crippen molar-refractivity contribution >= 4 is 21.9 Å². The summed E-state index contributed by atoms with van der Waals surface area (Å²) in [5, 5.41) is 10.2. The maximum atomic E-state index is 9.20. The normalized spacial score (nSPS) is 13.7. The van der Waals surface area contributed by atoms with Crippen LogP contribution < -0.4 is 4.74 Å². The Kier molecular flexibility index (Phi) is 4.56. The molecular weight excluding hydrogens is 364 g/mol. The third-order valence-corrected chi connectivity index (χ3v) is 5.32. The van der Waals surface area contributed by atoms with Crippen molar-refractivity contribution in [3.63, 3.8) is 0 Å². The van der Waals surface area contributed by atoms with E-state index in [-0.39, 0.29) is 6.10 Å². The molecule has 0 saturated carbocycles. The molecule has 0 amide bonds. The predicted molar refractivity (Wildman–Crippen MR) is 113 cm³/mol. The van der Waals surface area contributed by atoms with E-state index in [1.165, 1.54) is 0 Å². The summed E-state index contributed by atoms with van der Waals surface area (Å²) in [6.45, 7) is 8.06. The van der Waals surface area contributed by atoms with Gasteiger partial charge in [0, 0.05) is 29.8 Å². The number of H-pyrrole nitrogens is 2. The molecule has 0 saturated heterocycles. The van der Waals surface area contributed by atoms with Crippen LogP contribution in [-0.4, -0.2) is 28.2 Å². The zero-order valence-electron chi connectivity index (χ0n) is 17.3. The predicted octanol–water partition coefficient (Wildman–Crippen LogP) is 4.92. The Hall–Kier alpha value is -3.30. The first-order valence-corrected chi connectivity index (χ1v) is 9.60. The van der Waals surface area contributed by atoms with Crippen molar-refractivity contribution in [1.82, 2.24) is 15.0 Å². The van der Waals surface area contributed by atoms with E-state index in [1.807, 2.05) is 45.2 Å². The molecule has 0 aliphatic heterocycles. The van der Waals surface area contributed by atoms with Crippen LogP contribution in [0.3, 0.4) is 0 Å². The van der Waals surface area contributed by atoms with Crippen LogP contribution in [0.4, 0.5) is 0 Å². The first-order valence-electron chi connectivity index (χ1n) is 9.60. The summed E-state index contributed by atoms with van der Waals surface area (Å²) in [5.74, 6) is 1.43. The topological polar surface area (TPSA) is 86.7 Å². The van der Waals surface area contributed by atoms with Crippen LogP contribution >= 0.6 is 0 Å². The number of nitrogens with zero attached hydrogens (tertiary/aromatic N) is 2. The maximum Gasteiger partial charge on any atom is 0.151 e. The van der Waals surface area contributed by atoms with Crippen LogP contribution in [0.1, 0.15) is 43.3 Å². The number of methoxy groups -OCH3 is 1. The Morgan fingerprint density at radius 2 is 2.00 bits per heavy atom.